The van der Waals surface area contributed by atoms with E-state index in [9.17, 15) is 14.4 Å². The zero-order valence-corrected chi connectivity index (χ0v) is 20.7. The molecule has 0 spiro atoms. The number of carbonyl (C=O) groups is 3. The van der Waals surface area contributed by atoms with Crippen LogP contribution in [0.2, 0.25) is 0 Å². The Hall–Kier alpha value is -2.57. The Bertz CT molecular complexity index is 847. The maximum absolute atomic E-state index is 13.6. The van der Waals surface area contributed by atoms with E-state index in [-0.39, 0.29) is 30.4 Å². The smallest absolute Gasteiger partial charge is 0.408 e. The van der Waals surface area contributed by atoms with E-state index in [4.69, 9.17) is 4.74 Å². The van der Waals surface area contributed by atoms with Gasteiger partial charge in [-0.1, -0.05) is 48.6 Å². The number of rotatable bonds is 7. The lowest BCUT2D eigenvalue weighted by Crippen LogP contribution is -2.50. The molecular weight excluding hydrogens is 418 g/mol. The van der Waals surface area contributed by atoms with Gasteiger partial charge in [0.25, 0.3) is 0 Å². The van der Waals surface area contributed by atoms with Gasteiger partial charge in [-0.05, 0) is 65.9 Å². The molecule has 2 aliphatic rings. The standard InChI is InChI=1S/C26H39N3O4/c1-17-13-18(2)15-19(14-17)23(24(31)28-20-9-7-6-8-10-20)29(21-11-12-21)22(30)16-27-25(32)33-26(3,4)5/h13-15,20-21,23H,6-12,16H2,1-5H3,(H,27,32)(H,28,31). The molecule has 3 amide bonds. The number of hydrogen-bond donors (Lipinski definition) is 2. The van der Waals surface area contributed by atoms with Gasteiger partial charge >= 0.3 is 6.09 Å². The predicted molar refractivity (Wildman–Crippen MR) is 128 cm³/mol. The predicted octanol–water partition coefficient (Wildman–Crippen LogP) is 4.31. The molecular formula is C26H39N3O4. The molecule has 2 N–H and O–H groups in total. The number of carbonyl (C=O) groups excluding carboxylic acids is 3. The summed E-state index contributed by atoms with van der Waals surface area (Å²) in [6, 6.07) is 5.47. The summed E-state index contributed by atoms with van der Waals surface area (Å²) in [4.78, 5) is 40.8. The van der Waals surface area contributed by atoms with Crippen molar-refractivity contribution in [2.24, 2.45) is 0 Å². The maximum Gasteiger partial charge on any atom is 0.408 e. The molecule has 7 nitrogen and oxygen atoms in total. The van der Waals surface area contributed by atoms with Gasteiger partial charge in [-0.3, -0.25) is 9.59 Å². The van der Waals surface area contributed by atoms with Crippen LogP contribution in [0.4, 0.5) is 4.79 Å². The largest absolute Gasteiger partial charge is 0.444 e. The Balaban J connectivity index is 1.83. The van der Waals surface area contributed by atoms with Crippen LogP contribution in [-0.2, 0) is 14.3 Å². The van der Waals surface area contributed by atoms with Crippen molar-refractivity contribution >= 4 is 17.9 Å². The summed E-state index contributed by atoms with van der Waals surface area (Å²) < 4.78 is 5.27. The third-order valence-corrected chi connectivity index (χ3v) is 6.05. The molecule has 0 saturated heterocycles. The van der Waals surface area contributed by atoms with E-state index in [1.165, 1.54) is 6.42 Å². The van der Waals surface area contributed by atoms with Crippen molar-refractivity contribution in [1.82, 2.24) is 15.5 Å². The van der Waals surface area contributed by atoms with Crippen molar-refractivity contribution in [1.29, 1.82) is 0 Å². The molecule has 2 fully saturated rings. The zero-order chi connectivity index (χ0) is 24.2. The Morgan fingerprint density at radius 2 is 1.61 bits per heavy atom. The second kappa shape index (κ2) is 10.6. The van der Waals surface area contributed by atoms with Gasteiger partial charge in [0.1, 0.15) is 18.2 Å². The van der Waals surface area contributed by atoms with Crippen LogP contribution < -0.4 is 10.6 Å². The van der Waals surface area contributed by atoms with Crippen molar-refractivity contribution in [3.8, 4) is 0 Å². The number of benzene rings is 1. The van der Waals surface area contributed by atoms with E-state index in [0.717, 1.165) is 55.2 Å². The van der Waals surface area contributed by atoms with Gasteiger partial charge in [0.05, 0.1) is 0 Å². The molecule has 0 aliphatic heterocycles. The topological polar surface area (TPSA) is 87.7 Å². The van der Waals surface area contributed by atoms with Gasteiger partial charge < -0.3 is 20.3 Å². The average Bonchev–Trinajstić information content (AvgIpc) is 3.53. The van der Waals surface area contributed by atoms with Gasteiger partial charge in [-0.15, -0.1) is 0 Å². The lowest BCUT2D eigenvalue weighted by atomic mass is 9.94. The van der Waals surface area contributed by atoms with Crippen LogP contribution >= 0.6 is 0 Å². The molecule has 0 heterocycles. The fraction of sp³-hybridized carbons (Fsp3) is 0.654. The van der Waals surface area contributed by atoms with E-state index in [1.54, 1.807) is 25.7 Å². The highest BCUT2D eigenvalue weighted by atomic mass is 16.6. The van der Waals surface area contributed by atoms with E-state index in [1.807, 2.05) is 26.0 Å². The Kier molecular flexibility index (Phi) is 8.03. The average molecular weight is 458 g/mol. The van der Waals surface area contributed by atoms with Gasteiger partial charge in [-0.25, -0.2) is 4.79 Å². The number of aryl methyl sites for hydroxylation is 2. The van der Waals surface area contributed by atoms with Gasteiger partial charge in [0, 0.05) is 12.1 Å². The summed E-state index contributed by atoms with van der Waals surface area (Å²) in [5, 5.41) is 5.79. The van der Waals surface area contributed by atoms with Crippen LogP contribution in [0.25, 0.3) is 0 Å². The summed E-state index contributed by atoms with van der Waals surface area (Å²) in [6.07, 6.45) is 6.46. The normalized spacial score (nSPS) is 17.7. The van der Waals surface area contributed by atoms with Crippen molar-refractivity contribution < 1.29 is 19.1 Å². The molecule has 3 rings (SSSR count). The van der Waals surface area contributed by atoms with Crippen LogP contribution in [-0.4, -0.2) is 47.0 Å². The van der Waals surface area contributed by atoms with Crippen molar-refractivity contribution in [3.05, 3.63) is 34.9 Å². The second-order valence-electron chi connectivity index (χ2n) is 10.6. The van der Waals surface area contributed by atoms with Crippen LogP contribution in [0.3, 0.4) is 0 Å². The number of nitrogens with zero attached hydrogens (tertiary/aromatic N) is 1. The quantitative estimate of drug-likeness (QED) is 0.639. The Morgan fingerprint density at radius 3 is 2.15 bits per heavy atom. The van der Waals surface area contributed by atoms with Crippen LogP contribution in [0, 0.1) is 13.8 Å². The molecule has 7 heteroatoms. The van der Waals surface area contributed by atoms with E-state index >= 15 is 0 Å². The maximum atomic E-state index is 13.6. The van der Waals surface area contributed by atoms with Gasteiger partial charge in [0.15, 0.2) is 0 Å². The molecule has 1 aromatic rings. The molecule has 182 valence electrons. The lowest BCUT2D eigenvalue weighted by molar-refractivity contribution is -0.141. The lowest BCUT2D eigenvalue weighted by Gasteiger charge is -2.34. The number of nitrogens with one attached hydrogen (secondary N) is 2. The summed E-state index contributed by atoms with van der Waals surface area (Å²) in [7, 11) is 0. The van der Waals surface area contributed by atoms with E-state index < -0.39 is 17.7 Å². The summed E-state index contributed by atoms with van der Waals surface area (Å²) in [5.41, 5.74) is 2.27. The van der Waals surface area contributed by atoms with Gasteiger partial charge in [-0.2, -0.15) is 0 Å². The van der Waals surface area contributed by atoms with Crippen LogP contribution in [0.15, 0.2) is 18.2 Å². The highest BCUT2D eigenvalue weighted by Crippen LogP contribution is 2.36. The molecule has 1 aromatic carbocycles. The third-order valence-electron chi connectivity index (χ3n) is 6.05. The molecule has 33 heavy (non-hydrogen) atoms. The summed E-state index contributed by atoms with van der Waals surface area (Å²) in [6.45, 7) is 9.12. The SMILES string of the molecule is Cc1cc(C)cc(C(C(=O)NC2CCCCC2)N(C(=O)CNC(=O)OC(C)(C)C)C2CC2)c1. The van der Waals surface area contributed by atoms with Crippen molar-refractivity contribution in [3.63, 3.8) is 0 Å². The van der Waals surface area contributed by atoms with Crippen LogP contribution in [0.1, 0.15) is 88.4 Å². The number of amides is 3. The minimum Gasteiger partial charge on any atom is -0.444 e. The van der Waals surface area contributed by atoms with Crippen molar-refractivity contribution in [2.45, 2.75) is 103 Å². The highest BCUT2D eigenvalue weighted by Gasteiger charge is 2.42. The fourth-order valence-electron chi connectivity index (χ4n) is 4.60. The molecule has 2 aliphatic carbocycles. The molecule has 1 atom stereocenters. The van der Waals surface area contributed by atoms with Crippen molar-refractivity contribution in [2.75, 3.05) is 6.54 Å². The van der Waals surface area contributed by atoms with E-state index in [2.05, 4.69) is 16.7 Å². The molecule has 0 bridgehead atoms. The van der Waals surface area contributed by atoms with Crippen LogP contribution in [0.5, 0.6) is 0 Å². The molecule has 0 radical (unpaired) electrons. The summed E-state index contributed by atoms with van der Waals surface area (Å²) in [5.74, 6) is -0.407. The number of alkyl carbamates (subject to hydrolysis) is 1. The molecule has 2 saturated carbocycles. The number of hydrogen-bond acceptors (Lipinski definition) is 4. The second-order valence-corrected chi connectivity index (χ2v) is 10.6. The fourth-order valence-corrected chi connectivity index (χ4v) is 4.60. The first kappa shape index (κ1) is 25.1. The third kappa shape index (κ3) is 7.47. The first-order valence-electron chi connectivity index (χ1n) is 12.2. The first-order chi connectivity index (χ1) is 15.5. The molecule has 1 unspecified atom stereocenters. The summed E-state index contributed by atoms with van der Waals surface area (Å²) >= 11 is 0. The van der Waals surface area contributed by atoms with E-state index in [0.29, 0.717) is 0 Å². The highest BCUT2D eigenvalue weighted by molar-refractivity contribution is 5.91. The minimum atomic E-state index is -0.717. The van der Waals surface area contributed by atoms with Gasteiger partial charge in [0.2, 0.25) is 11.8 Å². The first-order valence-corrected chi connectivity index (χ1v) is 12.2. The Labute approximate surface area is 197 Å². The number of ether oxygens (including phenoxy) is 1. The zero-order valence-electron chi connectivity index (χ0n) is 20.7. The monoisotopic (exact) mass is 457 g/mol. The Morgan fingerprint density at radius 1 is 1.00 bits per heavy atom. The minimum absolute atomic E-state index is 0.000797. The molecule has 0 aromatic heterocycles.